The molecule has 0 spiro atoms. The Balaban J connectivity index is 1.91. The maximum Gasteiger partial charge on any atom is 0.243 e. The fraction of sp³-hybridized carbons (Fsp3) is 0.400. The number of nitrogens with zero attached hydrogens (tertiary/aromatic N) is 1. The number of rotatable bonds is 4. The highest BCUT2D eigenvalue weighted by Gasteiger charge is 2.36. The lowest BCUT2D eigenvalue weighted by Gasteiger charge is -2.24. The molecule has 0 unspecified atom stereocenters. The molecule has 0 radical (unpaired) electrons. The SMILES string of the molecule is Cc1ccc([C@H]2CCCN2S(=O)(=O)c2ccc(C(C)C)cc2)cc1. The highest BCUT2D eigenvalue weighted by atomic mass is 32.2. The van der Waals surface area contributed by atoms with E-state index in [0.29, 0.717) is 17.4 Å². The standard InChI is InChI=1S/C20H25NO2S/c1-15(2)17-10-12-19(13-11-17)24(22,23)21-14-4-5-20(21)18-8-6-16(3)7-9-18/h6-13,15,20H,4-5,14H2,1-3H3/t20-/m1/s1. The topological polar surface area (TPSA) is 37.4 Å². The van der Waals surface area contributed by atoms with Gasteiger partial charge in [0.15, 0.2) is 0 Å². The second-order valence-electron chi connectivity index (χ2n) is 6.91. The van der Waals surface area contributed by atoms with E-state index in [4.69, 9.17) is 0 Å². The molecule has 1 heterocycles. The quantitative estimate of drug-likeness (QED) is 0.811. The minimum Gasteiger partial charge on any atom is -0.207 e. The van der Waals surface area contributed by atoms with E-state index in [1.807, 2.05) is 19.1 Å². The smallest absolute Gasteiger partial charge is 0.207 e. The van der Waals surface area contributed by atoms with Crippen LogP contribution in [0.3, 0.4) is 0 Å². The van der Waals surface area contributed by atoms with Crippen molar-refractivity contribution >= 4 is 10.0 Å². The van der Waals surface area contributed by atoms with Crippen LogP contribution in [0.1, 0.15) is 55.3 Å². The second-order valence-corrected chi connectivity index (χ2v) is 8.80. The van der Waals surface area contributed by atoms with Gasteiger partial charge in [0, 0.05) is 6.54 Å². The highest BCUT2D eigenvalue weighted by molar-refractivity contribution is 7.89. The summed E-state index contributed by atoms with van der Waals surface area (Å²) >= 11 is 0. The van der Waals surface area contributed by atoms with Crippen LogP contribution in [-0.2, 0) is 10.0 Å². The van der Waals surface area contributed by atoms with Crippen LogP contribution < -0.4 is 0 Å². The van der Waals surface area contributed by atoms with Crippen molar-refractivity contribution in [2.75, 3.05) is 6.54 Å². The van der Waals surface area contributed by atoms with Gasteiger partial charge in [-0.2, -0.15) is 4.31 Å². The summed E-state index contributed by atoms with van der Waals surface area (Å²) in [7, 11) is -3.46. The lowest BCUT2D eigenvalue weighted by molar-refractivity contribution is 0.396. The minimum absolute atomic E-state index is 0.0552. The zero-order valence-electron chi connectivity index (χ0n) is 14.6. The third-order valence-corrected chi connectivity index (χ3v) is 6.74. The lowest BCUT2D eigenvalue weighted by atomic mass is 10.0. The van der Waals surface area contributed by atoms with Gasteiger partial charge in [-0.25, -0.2) is 8.42 Å². The summed E-state index contributed by atoms with van der Waals surface area (Å²) in [4.78, 5) is 0.394. The minimum atomic E-state index is -3.46. The number of hydrogen-bond donors (Lipinski definition) is 0. The van der Waals surface area contributed by atoms with Crippen molar-refractivity contribution in [1.82, 2.24) is 4.31 Å². The first-order chi connectivity index (χ1) is 11.4. The monoisotopic (exact) mass is 343 g/mol. The van der Waals surface area contributed by atoms with Crippen molar-refractivity contribution in [3.8, 4) is 0 Å². The van der Waals surface area contributed by atoms with Crippen molar-refractivity contribution in [2.24, 2.45) is 0 Å². The van der Waals surface area contributed by atoms with Crippen LogP contribution in [0.4, 0.5) is 0 Å². The average molecular weight is 343 g/mol. The summed E-state index contributed by atoms with van der Waals surface area (Å²) in [6, 6.07) is 15.5. The molecule has 3 rings (SSSR count). The Morgan fingerprint density at radius 2 is 1.62 bits per heavy atom. The molecule has 0 N–H and O–H groups in total. The van der Waals surface area contributed by atoms with Gasteiger partial charge in [-0.1, -0.05) is 55.8 Å². The molecule has 0 bridgehead atoms. The molecule has 0 amide bonds. The highest BCUT2D eigenvalue weighted by Crippen LogP contribution is 2.36. The molecule has 1 aliphatic rings. The first-order valence-electron chi connectivity index (χ1n) is 8.58. The van der Waals surface area contributed by atoms with Crippen LogP contribution in [0.2, 0.25) is 0 Å². The number of hydrogen-bond acceptors (Lipinski definition) is 2. The maximum absolute atomic E-state index is 13.1. The van der Waals surface area contributed by atoms with Crippen molar-refractivity contribution in [1.29, 1.82) is 0 Å². The third-order valence-electron chi connectivity index (χ3n) is 4.82. The molecule has 2 aromatic carbocycles. The maximum atomic E-state index is 13.1. The van der Waals surface area contributed by atoms with Gasteiger partial charge < -0.3 is 0 Å². The molecule has 24 heavy (non-hydrogen) atoms. The average Bonchev–Trinajstić information content (AvgIpc) is 3.06. The van der Waals surface area contributed by atoms with E-state index in [-0.39, 0.29) is 6.04 Å². The van der Waals surface area contributed by atoms with Crippen LogP contribution in [0.25, 0.3) is 0 Å². The predicted octanol–water partition coefficient (Wildman–Crippen LogP) is 4.64. The van der Waals surface area contributed by atoms with E-state index >= 15 is 0 Å². The molecular formula is C20H25NO2S. The molecule has 1 saturated heterocycles. The van der Waals surface area contributed by atoms with E-state index in [1.54, 1.807) is 16.4 Å². The number of aryl methyl sites for hydroxylation is 1. The van der Waals surface area contributed by atoms with Crippen molar-refractivity contribution < 1.29 is 8.42 Å². The first kappa shape index (κ1) is 17.2. The van der Waals surface area contributed by atoms with Crippen molar-refractivity contribution in [3.63, 3.8) is 0 Å². The van der Waals surface area contributed by atoms with Gasteiger partial charge in [0.1, 0.15) is 0 Å². The summed E-state index contributed by atoms with van der Waals surface area (Å²) in [6.07, 6.45) is 1.79. The molecule has 4 heteroatoms. The van der Waals surface area contributed by atoms with E-state index in [9.17, 15) is 8.42 Å². The van der Waals surface area contributed by atoms with Crippen LogP contribution >= 0.6 is 0 Å². The second kappa shape index (κ2) is 6.69. The van der Waals surface area contributed by atoms with E-state index in [2.05, 4.69) is 38.1 Å². The molecule has 1 atom stereocenters. The van der Waals surface area contributed by atoms with Gasteiger partial charge in [0.25, 0.3) is 0 Å². The Morgan fingerprint density at radius 1 is 1.00 bits per heavy atom. The molecule has 3 nitrogen and oxygen atoms in total. The van der Waals surface area contributed by atoms with Crippen LogP contribution in [0.5, 0.6) is 0 Å². The molecule has 0 aliphatic carbocycles. The Hall–Kier alpha value is -1.65. The summed E-state index contributed by atoms with van der Waals surface area (Å²) in [5.41, 5.74) is 3.43. The Morgan fingerprint density at radius 3 is 2.21 bits per heavy atom. The Kier molecular flexibility index (Phi) is 4.79. The first-order valence-corrected chi connectivity index (χ1v) is 10.0. The van der Waals surface area contributed by atoms with Gasteiger partial charge in [0.05, 0.1) is 10.9 Å². The molecule has 1 fully saturated rings. The zero-order valence-corrected chi connectivity index (χ0v) is 15.4. The van der Waals surface area contributed by atoms with E-state index < -0.39 is 10.0 Å². The zero-order chi connectivity index (χ0) is 17.3. The normalized spacial score (nSPS) is 19.1. The molecule has 128 valence electrons. The third kappa shape index (κ3) is 3.26. The largest absolute Gasteiger partial charge is 0.243 e. The van der Waals surface area contributed by atoms with Crippen LogP contribution in [0.15, 0.2) is 53.4 Å². The number of sulfonamides is 1. The Bertz CT molecular complexity index is 793. The molecule has 0 aromatic heterocycles. The summed E-state index contributed by atoms with van der Waals surface area (Å²) in [5, 5.41) is 0. The van der Waals surface area contributed by atoms with Gasteiger partial charge in [-0.3, -0.25) is 0 Å². The van der Waals surface area contributed by atoms with Gasteiger partial charge in [-0.15, -0.1) is 0 Å². The summed E-state index contributed by atoms with van der Waals surface area (Å²) < 4.78 is 27.9. The predicted molar refractivity (Wildman–Crippen MR) is 97.6 cm³/mol. The van der Waals surface area contributed by atoms with Crippen LogP contribution in [-0.4, -0.2) is 19.3 Å². The van der Waals surface area contributed by atoms with Crippen LogP contribution in [0, 0.1) is 6.92 Å². The molecule has 1 aliphatic heterocycles. The van der Waals surface area contributed by atoms with E-state index in [0.717, 1.165) is 24.0 Å². The molecule has 0 saturated carbocycles. The van der Waals surface area contributed by atoms with Gasteiger partial charge >= 0.3 is 0 Å². The van der Waals surface area contributed by atoms with Gasteiger partial charge in [-0.05, 0) is 48.9 Å². The molecule has 2 aromatic rings. The fourth-order valence-electron chi connectivity index (χ4n) is 3.31. The van der Waals surface area contributed by atoms with Crippen molar-refractivity contribution in [3.05, 3.63) is 65.2 Å². The summed E-state index contributed by atoms with van der Waals surface area (Å²) in [6.45, 7) is 6.85. The molecular weight excluding hydrogens is 318 g/mol. The van der Waals surface area contributed by atoms with Crippen molar-refractivity contribution in [2.45, 2.75) is 50.5 Å². The van der Waals surface area contributed by atoms with Gasteiger partial charge in [0.2, 0.25) is 10.0 Å². The summed E-state index contributed by atoms with van der Waals surface area (Å²) in [5.74, 6) is 0.397. The van der Waals surface area contributed by atoms with E-state index in [1.165, 1.54) is 5.56 Å². The number of benzene rings is 2. The fourth-order valence-corrected chi connectivity index (χ4v) is 4.99. The lowest BCUT2D eigenvalue weighted by Crippen LogP contribution is -2.30. The Labute approximate surface area is 145 Å².